The van der Waals surface area contributed by atoms with Crippen LogP contribution in [0.5, 0.6) is 0 Å². The lowest BCUT2D eigenvalue weighted by Crippen LogP contribution is -2.24. The topological polar surface area (TPSA) is 105 Å². The number of aromatic amines is 1. The minimum atomic E-state index is -3.20. The summed E-state index contributed by atoms with van der Waals surface area (Å²) in [7, 11) is -3.20. The second-order valence-electron chi connectivity index (χ2n) is 4.34. The molecule has 0 atom stereocenters. The summed E-state index contributed by atoms with van der Waals surface area (Å²) in [5.74, 6) is 0.254. The van der Waals surface area contributed by atoms with Crippen molar-refractivity contribution < 1.29 is 13.2 Å². The normalized spacial score (nSPS) is 11.3. The standard InChI is InChI=1S/C12H14N4O3S/c1-8-14-11(16-15-8)12(17)13-7-9-3-5-10(6-4-9)20(2,18)19/h3-6H,7H2,1-2H3,(H,13,17)(H,14,15,16). The van der Waals surface area contributed by atoms with Crippen LogP contribution in [0.1, 0.15) is 22.0 Å². The molecule has 7 nitrogen and oxygen atoms in total. The summed E-state index contributed by atoms with van der Waals surface area (Å²) in [6, 6.07) is 6.32. The van der Waals surface area contributed by atoms with Crippen LogP contribution in [-0.2, 0) is 16.4 Å². The predicted molar refractivity (Wildman–Crippen MR) is 71.8 cm³/mol. The molecular weight excluding hydrogens is 280 g/mol. The van der Waals surface area contributed by atoms with Gasteiger partial charge in [-0.05, 0) is 24.6 Å². The third kappa shape index (κ3) is 3.41. The van der Waals surface area contributed by atoms with Crippen LogP contribution in [0.25, 0.3) is 0 Å². The van der Waals surface area contributed by atoms with Crippen molar-refractivity contribution in [2.45, 2.75) is 18.4 Å². The summed E-state index contributed by atoms with van der Waals surface area (Å²) in [6.07, 6.45) is 1.15. The lowest BCUT2D eigenvalue weighted by Gasteiger charge is -2.04. The van der Waals surface area contributed by atoms with Crippen molar-refractivity contribution in [3.05, 3.63) is 41.5 Å². The van der Waals surface area contributed by atoms with Crippen molar-refractivity contribution >= 4 is 15.7 Å². The maximum absolute atomic E-state index is 11.7. The van der Waals surface area contributed by atoms with Crippen LogP contribution in [-0.4, -0.2) is 35.8 Å². The predicted octanol–water partition coefficient (Wildman–Crippen LogP) is 0.447. The summed E-state index contributed by atoms with van der Waals surface area (Å²) in [5.41, 5.74) is 0.790. The van der Waals surface area contributed by atoms with Gasteiger partial charge >= 0.3 is 0 Å². The van der Waals surface area contributed by atoms with Crippen LogP contribution in [0.4, 0.5) is 0 Å². The molecule has 2 aromatic rings. The maximum atomic E-state index is 11.7. The molecular formula is C12H14N4O3S. The van der Waals surface area contributed by atoms with E-state index in [2.05, 4.69) is 20.5 Å². The minimum Gasteiger partial charge on any atom is -0.345 e. The molecule has 20 heavy (non-hydrogen) atoms. The van der Waals surface area contributed by atoms with Crippen molar-refractivity contribution in [3.63, 3.8) is 0 Å². The molecule has 0 aliphatic rings. The zero-order chi connectivity index (χ0) is 14.8. The summed E-state index contributed by atoms with van der Waals surface area (Å²) in [6.45, 7) is 1.98. The number of amides is 1. The number of hydrogen-bond acceptors (Lipinski definition) is 5. The van der Waals surface area contributed by atoms with Gasteiger partial charge in [-0.15, -0.1) is 5.10 Å². The van der Waals surface area contributed by atoms with Gasteiger partial charge in [0.1, 0.15) is 5.82 Å². The number of rotatable bonds is 4. The van der Waals surface area contributed by atoms with Crippen molar-refractivity contribution in [1.29, 1.82) is 0 Å². The van der Waals surface area contributed by atoms with E-state index in [0.717, 1.165) is 11.8 Å². The van der Waals surface area contributed by atoms with E-state index >= 15 is 0 Å². The van der Waals surface area contributed by atoms with E-state index in [0.29, 0.717) is 5.82 Å². The summed E-state index contributed by atoms with van der Waals surface area (Å²) < 4.78 is 22.6. The average Bonchev–Trinajstić information content (AvgIpc) is 2.82. The Bertz CT molecular complexity index is 719. The minimum absolute atomic E-state index is 0.0789. The molecule has 0 saturated heterocycles. The van der Waals surface area contributed by atoms with E-state index in [1.165, 1.54) is 12.1 Å². The van der Waals surface area contributed by atoms with Gasteiger partial charge in [0.25, 0.3) is 5.91 Å². The number of carbonyl (C=O) groups excluding carboxylic acids is 1. The van der Waals surface area contributed by atoms with Gasteiger partial charge in [-0.3, -0.25) is 9.89 Å². The van der Waals surface area contributed by atoms with Crippen molar-refractivity contribution in [3.8, 4) is 0 Å². The Kier molecular flexibility index (Phi) is 3.84. The fourth-order valence-corrected chi connectivity index (χ4v) is 2.19. The molecule has 2 N–H and O–H groups in total. The Morgan fingerprint density at radius 2 is 1.95 bits per heavy atom. The quantitative estimate of drug-likeness (QED) is 0.851. The molecule has 1 aromatic carbocycles. The van der Waals surface area contributed by atoms with Crippen molar-refractivity contribution in [2.24, 2.45) is 0 Å². The lowest BCUT2D eigenvalue weighted by molar-refractivity contribution is 0.0941. The van der Waals surface area contributed by atoms with Gasteiger partial charge in [0.2, 0.25) is 5.82 Å². The number of sulfone groups is 1. The Labute approximate surface area is 116 Å². The molecule has 1 amide bonds. The second-order valence-corrected chi connectivity index (χ2v) is 6.36. The number of nitrogens with zero attached hydrogens (tertiary/aromatic N) is 2. The molecule has 0 bridgehead atoms. The van der Waals surface area contributed by atoms with E-state index < -0.39 is 9.84 Å². The van der Waals surface area contributed by atoms with Crippen molar-refractivity contribution in [2.75, 3.05) is 6.26 Å². The molecule has 1 aromatic heterocycles. The van der Waals surface area contributed by atoms with Crippen LogP contribution in [0.2, 0.25) is 0 Å². The number of H-pyrrole nitrogens is 1. The smallest absolute Gasteiger partial charge is 0.291 e. The highest BCUT2D eigenvalue weighted by molar-refractivity contribution is 7.90. The van der Waals surface area contributed by atoms with Gasteiger partial charge in [0, 0.05) is 12.8 Å². The molecule has 2 rings (SSSR count). The molecule has 0 aliphatic carbocycles. The van der Waals surface area contributed by atoms with E-state index in [-0.39, 0.29) is 23.2 Å². The molecule has 0 spiro atoms. The van der Waals surface area contributed by atoms with Gasteiger partial charge in [-0.2, -0.15) is 0 Å². The SMILES string of the molecule is Cc1nc(C(=O)NCc2ccc(S(C)(=O)=O)cc2)n[nH]1. The number of aryl methyl sites for hydroxylation is 1. The third-order valence-corrected chi connectivity index (χ3v) is 3.73. The highest BCUT2D eigenvalue weighted by Crippen LogP contribution is 2.10. The first-order chi connectivity index (χ1) is 9.36. The largest absolute Gasteiger partial charge is 0.345 e. The van der Waals surface area contributed by atoms with E-state index in [9.17, 15) is 13.2 Å². The van der Waals surface area contributed by atoms with Crippen LogP contribution >= 0.6 is 0 Å². The van der Waals surface area contributed by atoms with Crippen LogP contribution in [0, 0.1) is 6.92 Å². The summed E-state index contributed by atoms with van der Waals surface area (Å²) in [4.78, 5) is 15.9. The Morgan fingerprint density at radius 1 is 1.30 bits per heavy atom. The van der Waals surface area contributed by atoms with Gasteiger partial charge in [0.05, 0.1) is 4.90 Å². The van der Waals surface area contributed by atoms with E-state index in [4.69, 9.17) is 0 Å². The molecule has 0 unspecified atom stereocenters. The second kappa shape index (κ2) is 5.41. The van der Waals surface area contributed by atoms with Gasteiger partial charge < -0.3 is 5.32 Å². The van der Waals surface area contributed by atoms with Gasteiger partial charge in [0.15, 0.2) is 9.84 Å². The molecule has 1 heterocycles. The highest BCUT2D eigenvalue weighted by Gasteiger charge is 2.11. The number of nitrogens with one attached hydrogen (secondary N) is 2. The Morgan fingerprint density at radius 3 is 2.45 bits per heavy atom. The summed E-state index contributed by atoms with van der Waals surface area (Å²) in [5, 5.41) is 8.98. The maximum Gasteiger partial charge on any atom is 0.291 e. The fourth-order valence-electron chi connectivity index (χ4n) is 1.56. The van der Waals surface area contributed by atoms with Crippen molar-refractivity contribution in [1.82, 2.24) is 20.5 Å². The zero-order valence-corrected chi connectivity index (χ0v) is 11.9. The number of aromatic nitrogens is 3. The first-order valence-corrected chi connectivity index (χ1v) is 7.71. The van der Waals surface area contributed by atoms with E-state index in [1.807, 2.05) is 0 Å². The third-order valence-electron chi connectivity index (χ3n) is 2.60. The van der Waals surface area contributed by atoms with Crippen LogP contribution in [0.3, 0.4) is 0 Å². The van der Waals surface area contributed by atoms with Gasteiger partial charge in [-0.25, -0.2) is 13.4 Å². The molecule has 106 valence electrons. The number of carbonyl (C=O) groups is 1. The number of benzene rings is 1. The highest BCUT2D eigenvalue weighted by atomic mass is 32.2. The molecule has 0 saturated carbocycles. The zero-order valence-electron chi connectivity index (χ0n) is 11.0. The number of hydrogen-bond donors (Lipinski definition) is 2. The molecule has 0 aliphatic heterocycles. The molecule has 8 heteroatoms. The van der Waals surface area contributed by atoms with Crippen LogP contribution in [0.15, 0.2) is 29.2 Å². The first kappa shape index (κ1) is 14.2. The molecule has 0 fully saturated rings. The Hall–Kier alpha value is -2.22. The monoisotopic (exact) mass is 294 g/mol. The fraction of sp³-hybridized carbons (Fsp3) is 0.250. The summed E-state index contributed by atoms with van der Waals surface area (Å²) >= 11 is 0. The lowest BCUT2D eigenvalue weighted by atomic mass is 10.2. The van der Waals surface area contributed by atoms with Crippen LogP contribution < -0.4 is 5.32 Å². The molecule has 0 radical (unpaired) electrons. The first-order valence-electron chi connectivity index (χ1n) is 5.82. The van der Waals surface area contributed by atoms with Gasteiger partial charge in [-0.1, -0.05) is 12.1 Å². The van der Waals surface area contributed by atoms with E-state index in [1.54, 1.807) is 19.1 Å². The average molecular weight is 294 g/mol. The Balaban J connectivity index is 1.99.